The molecular formula is C25H23FN2O3. The number of rotatable bonds is 3. The fraction of sp³-hybridized carbons (Fsp3) is 0.240. The molecule has 1 aliphatic rings. The van der Waals surface area contributed by atoms with Crippen LogP contribution in [0.2, 0.25) is 0 Å². The molecule has 1 N–H and O–H groups in total. The second-order valence-electron chi connectivity index (χ2n) is 8.81. The molecule has 6 heteroatoms. The first-order valence-electron chi connectivity index (χ1n) is 10.1. The topological polar surface area (TPSA) is 68.2 Å². The number of ketones is 1. The quantitative estimate of drug-likeness (QED) is 0.671. The second-order valence-corrected chi connectivity index (χ2v) is 8.81. The smallest absolute Gasteiger partial charge is 0.268 e. The number of fused-ring (bicyclic) bond motifs is 1. The van der Waals surface area contributed by atoms with Crippen molar-refractivity contribution in [2.24, 2.45) is 5.41 Å². The Morgan fingerprint density at radius 1 is 1.00 bits per heavy atom. The summed E-state index contributed by atoms with van der Waals surface area (Å²) in [6.45, 7) is 5.83. The maximum Gasteiger partial charge on any atom is 0.268 e. The number of nitrogens with zero attached hydrogens (tertiary/aromatic N) is 1. The SMILES string of the molecule is Cc1ccc(NC(=O)c2c3c(cn(-c4ccc(F)cc4)c2=O)C(=O)CC(C)(C)C3)cc1. The van der Waals surface area contributed by atoms with Crippen LogP contribution in [-0.4, -0.2) is 16.3 Å². The van der Waals surface area contributed by atoms with Gasteiger partial charge in [0.1, 0.15) is 11.4 Å². The standard InChI is InChI=1S/C25H23FN2O3/c1-15-4-8-17(9-5-15)27-23(30)22-19-12-25(2,3)13-21(29)20(19)14-28(24(22)31)18-10-6-16(26)7-11-18/h4-11,14H,12-13H2,1-3H3,(H,27,30). The van der Waals surface area contributed by atoms with Gasteiger partial charge in [-0.1, -0.05) is 31.5 Å². The van der Waals surface area contributed by atoms with Crippen LogP contribution >= 0.6 is 0 Å². The average molecular weight is 418 g/mol. The van der Waals surface area contributed by atoms with E-state index in [2.05, 4.69) is 5.32 Å². The van der Waals surface area contributed by atoms with Gasteiger partial charge in [0.25, 0.3) is 11.5 Å². The van der Waals surface area contributed by atoms with Crippen molar-refractivity contribution >= 4 is 17.4 Å². The summed E-state index contributed by atoms with van der Waals surface area (Å²) in [5.41, 5.74) is 1.85. The van der Waals surface area contributed by atoms with Crippen molar-refractivity contribution in [2.75, 3.05) is 5.32 Å². The Bertz CT molecular complexity index is 1240. The Balaban J connectivity index is 1.90. The normalized spacial score (nSPS) is 14.8. The van der Waals surface area contributed by atoms with Crippen molar-refractivity contribution in [2.45, 2.75) is 33.6 Å². The van der Waals surface area contributed by atoms with E-state index in [1.165, 1.54) is 35.0 Å². The third kappa shape index (κ3) is 4.06. The van der Waals surface area contributed by atoms with Crippen LogP contribution in [0.3, 0.4) is 0 Å². The zero-order valence-electron chi connectivity index (χ0n) is 17.7. The number of benzene rings is 2. The Hall–Kier alpha value is -3.54. The number of pyridine rings is 1. The summed E-state index contributed by atoms with van der Waals surface area (Å²) in [5, 5.41) is 2.78. The minimum absolute atomic E-state index is 0.0523. The van der Waals surface area contributed by atoms with Gasteiger partial charge in [0.05, 0.1) is 0 Å². The largest absolute Gasteiger partial charge is 0.322 e. The summed E-state index contributed by atoms with van der Waals surface area (Å²) in [6, 6.07) is 12.6. The first-order valence-corrected chi connectivity index (χ1v) is 10.1. The number of hydrogen-bond donors (Lipinski definition) is 1. The highest BCUT2D eigenvalue weighted by Crippen LogP contribution is 2.36. The lowest BCUT2D eigenvalue weighted by molar-refractivity contribution is 0.0910. The molecule has 0 aliphatic heterocycles. The van der Waals surface area contributed by atoms with Gasteiger partial charge < -0.3 is 5.32 Å². The maximum absolute atomic E-state index is 13.4. The van der Waals surface area contributed by atoms with Gasteiger partial charge >= 0.3 is 0 Å². The lowest BCUT2D eigenvalue weighted by Gasteiger charge is -2.31. The fourth-order valence-corrected chi connectivity index (χ4v) is 4.00. The van der Waals surface area contributed by atoms with E-state index in [9.17, 15) is 18.8 Å². The third-order valence-corrected chi connectivity index (χ3v) is 5.55. The number of amides is 1. The Morgan fingerprint density at radius 3 is 2.29 bits per heavy atom. The van der Waals surface area contributed by atoms with E-state index in [4.69, 9.17) is 0 Å². The first kappa shape index (κ1) is 20.7. The van der Waals surface area contributed by atoms with Crippen LogP contribution in [0.5, 0.6) is 0 Å². The Kier molecular flexibility index (Phi) is 5.09. The van der Waals surface area contributed by atoms with Gasteiger partial charge in [0.15, 0.2) is 5.78 Å². The molecule has 0 saturated heterocycles. The third-order valence-electron chi connectivity index (χ3n) is 5.55. The van der Waals surface area contributed by atoms with Crippen LogP contribution in [0.25, 0.3) is 5.69 Å². The monoisotopic (exact) mass is 418 g/mol. The van der Waals surface area contributed by atoms with Gasteiger partial charge in [0.2, 0.25) is 0 Å². The lowest BCUT2D eigenvalue weighted by atomic mass is 9.73. The highest BCUT2D eigenvalue weighted by Gasteiger charge is 2.36. The number of aryl methyl sites for hydroxylation is 1. The summed E-state index contributed by atoms with van der Waals surface area (Å²) >= 11 is 0. The summed E-state index contributed by atoms with van der Waals surface area (Å²) < 4.78 is 14.6. The molecule has 1 aliphatic carbocycles. The van der Waals surface area contributed by atoms with E-state index >= 15 is 0 Å². The van der Waals surface area contributed by atoms with Crippen LogP contribution in [-0.2, 0) is 6.42 Å². The summed E-state index contributed by atoms with van der Waals surface area (Å²) in [7, 11) is 0. The van der Waals surface area contributed by atoms with Gasteiger partial charge in [-0.15, -0.1) is 0 Å². The zero-order chi connectivity index (χ0) is 22.3. The molecule has 1 heterocycles. The molecule has 0 radical (unpaired) electrons. The number of halogens is 1. The van der Waals surface area contributed by atoms with Crippen LogP contribution in [0.1, 0.15) is 52.1 Å². The minimum atomic E-state index is -0.563. The molecule has 1 amide bonds. The molecule has 0 spiro atoms. The summed E-state index contributed by atoms with van der Waals surface area (Å²) in [5.74, 6) is -1.12. The van der Waals surface area contributed by atoms with Gasteiger partial charge in [0, 0.05) is 29.6 Å². The molecule has 2 aromatic carbocycles. The van der Waals surface area contributed by atoms with Gasteiger partial charge in [-0.25, -0.2) is 4.39 Å². The molecule has 158 valence electrons. The van der Waals surface area contributed by atoms with E-state index in [0.717, 1.165) is 5.56 Å². The van der Waals surface area contributed by atoms with Crippen LogP contribution in [0.15, 0.2) is 59.5 Å². The van der Waals surface area contributed by atoms with Gasteiger partial charge in [-0.3, -0.25) is 19.0 Å². The average Bonchev–Trinajstić information content (AvgIpc) is 2.69. The van der Waals surface area contributed by atoms with Crippen LogP contribution in [0, 0.1) is 18.2 Å². The molecule has 4 rings (SSSR count). The van der Waals surface area contributed by atoms with E-state index in [0.29, 0.717) is 35.3 Å². The summed E-state index contributed by atoms with van der Waals surface area (Å²) in [4.78, 5) is 39.6. The number of aromatic nitrogens is 1. The van der Waals surface area contributed by atoms with Crippen molar-refractivity contribution in [1.82, 2.24) is 4.57 Å². The number of carbonyl (C=O) groups is 2. The molecule has 0 saturated carbocycles. The number of nitrogens with one attached hydrogen (secondary N) is 1. The van der Waals surface area contributed by atoms with Crippen molar-refractivity contribution < 1.29 is 14.0 Å². The molecular weight excluding hydrogens is 395 g/mol. The van der Waals surface area contributed by atoms with Crippen LogP contribution < -0.4 is 10.9 Å². The molecule has 31 heavy (non-hydrogen) atoms. The van der Waals surface area contributed by atoms with Crippen molar-refractivity contribution in [1.29, 1.82) is 0 Å². The van der Waals surface area contributed by atoms with E-state index in [1.807, 2.05) is 32.9 Å². The molecule has 1 aromatic heterocycles. The Labute approximate surface area is 179 Å². The zero-order valence-corrected chi connectivity index (χ0v) is 17.7. The maximum atomic E-state index is 13.4. The number of carbonyl (C=O) groups excluding carboxylic acids is 2. The number of Topliss-reactive ketones (excluding diaryl/α,β-unsaturated/α-hetero) is 1. The molecule has 3 aromatic rings. The minimum Gasteiger partial charge on any atom is -0.322 e. The van der Waals surface area contributed by atoms with Crippen molar-refractivity contribution in [3.8, 4) is 5.69 Å². The molecule has 0 fully saturated rings. The van der Waals surface area contributed by atoms with Crippen molar-refractivity contribution in [3.63, 3.8) is 0 Å². The number of anilines is 1. The highest BCUT2D eigenvalue weighted by atomic mass is 19.1. The first-order chi connectivity index (χ1) is 14.6. The van der Waals surface area contributed by atoms with Gasteiger partial charge in [-0.05, 0) is 60.7 Å². The van der Waals surface area contributed by atoms with E-state index in [1.54, 1.807) is 12.1 Å². The predicted molar refractivity (Wildman–Crippen MR) is 118 cm³/mol. The van der Waals surface area contributed by atoms with E-state index in [-0.39, 0.29) is 16.8 Å². The molecule has 0 atom stereocenters. The van der Waals surface area contributed by atoms with Crippen LogP contribution in [0.4, 0.5) is 10.1 Å². The molecule has 0 unspecified atom stereocenters. The fourth-order valence-electron chi connectivity index (χ4n) is 4.00. The second kappa shape index (κ2) is 7.61. The number of hydrogen-bond acceptors (Lipinski definition) is 3. The van der Waals surface area contributed by atoms with Crippen molar-refractivity contribution in [3.05, 3.63) is 93.2 Å². The predicted octanol–water partition coefficient (Wildman–Crippen LogP) is 4.69. The molecule has 5 nitrogen and oxygen atoms in total. The van der Waals surface area contributed by atoms with Gasteiger partial charge in [-0.2, -0.15) is 0 Å². The lowest BCUT2D eigenvalue weighted by Crippen LogP contribution is -2.37. The van der Waals surface area contributed by atoms with E-state index < -0.39 is 17.3 Å². The summed E-state index contributed by atoms with van der Waals surface area (Å²) in [6.07, 6.45) is 2.23. The molecule has 0 bridgehead atoms. The Morgan fingerprint density at radius 2 is 1.65 bits per heavy atom. The highest BCUT2D eigenvalue weighted by molar-refractivity contribution is 6.08.